The quantitative estimate of drug-likeness (QED) is 0.446. The minimum absolute atomic E-state index is 0.133. The number of likely N-dealkylation sites (tertiary alicyclic amines) is 1. The largest absolute Gasteiger partial charge is 0.450 e. The van der Waals surface area contributed by atoms with E-state index in [1.165, 1.54) is 0 Å². The van der Waals surface area contributed by atoms with Gasteiger partial charge in [0, 0.05) is 19.1 Å². The van der Waals surface area contributed by atoms with Gasteiger partial charge in [-0.1, -0.05) is 13.3 Å². The number of carbonyl (C=O) groups excluding carboxylic acids is 2. The summed E-state index contributed by atoms with van der Waals surface area (Å²) >= 11 is 0. The molecule has 0 aromatic heterocycles. The standard InChI is InChI=1S/C19H37N5O4/c1-6-8-15(23-17(25)28-19(3,4)5)13-21-16(20)22-14-9-11-24(12-10-14)18(26)27-7-2/h14-15H,6-13H2,1-5H3,(H,23,25)(H3,20,21,22). The molecule has 1 heterocycles. The van der Waals surface area contributed by atoms with Crippen molar-refractivity contribution in [3.63, 3.8) is 0 Å². The fourth-order valence-corrected chi connectivity index (χ4v) is 2.92. The van der Waals surface area contributed by atoms with E-state index in [0.29, 0.717) is 32.2 Å². The lowest BCUT2D eigenvalue weighted by atomic mass is 10.1. The van der Waals surface area contributed by atoms with Crippen molar-refractivity contribution in [1.29, 1.82) is 0 Å². The Hall–Kier alpha value is -2.19. The molecule has 1 unspecified atom stereocenters. The maximum absolute atomic E-state index is 12.0. The zero-order valence-corrected chi connectivity index (χ0v) is 17.9. The van der Waals surface area contributed by atoms with Gasteiger partial charge in [-0.2, -0.15) is 0 Å². The van der Waals surface area contributed by atoms with E-state index < -0.39 is 11.7 Å². The second kappa shape index (κ2) is 11.6. The Kier molecular flexibility index (Phi) is 9.89. The van der Waals surface area contributed by atoms with Gasteiger partial charge in [0.05, 0.1) is 19.2 Å². The molecule has 0 saturated carbocycles. The number of guanidine groups is 1. The Bertz CT molecular complexity index is 525. The zero-order valence-electron chi connectivity index (χ0n) is 17.9. The van der Waals surface area contributed by atoms with Gasteiger partial charge in [0.2, 0.25) is 0 Å². The number of rotatable bonds is 7. The molecule has 28 heavy (non-hydrogen) atoms. The molecule has 1 rings (SSSR count). The van der Waals surface area contributed by atoms with Crippen molar-refractivity contribution in [2.45, 2.75) is 78.0 Å². The number of aliphatic imine (C=N–C) groups is 1. The summed E-state index contributed by atoms with van der Waals surface area (Å²) in [6, 6.07) is 0.0312. The highest BCUT2D eigenvalue weighted by atomic mass is 16.6. The van der Waals surface area contributed by atoms with Gasteiger partial charge >= 0.3 is 12.2 Å². The highest BCUT2D eigenvalue weighted by Gasteiger charge is 2.24. The van der Waals surface area contributed by atoms with Gasteiger partial charge in [0.15, 0.2) is 5.96 Å². The molecule has 0 radical (unpaired) electrons. The van der Waals surface area contributed by atoms with Crippen LogP contribution in [0.5, 0.6) is 0 Å². The number of nitrogens with one attached hydrogen (secondary N) is 2. The van der Waals surface area contributed by atoms with E-state index in [0.717, 1.165) is 25.7 Å². The topological polar surface area (TPSA) is 118 Å². The van der Waals surface area contributed by atoms with E-state index in [-0.39, 0.29) is 18.2 Å². The predicted molar refractivity (Wildman–Crippen MR) is 109 cm³/mol. The van der Waals surface area contributed by atoms with Crippen LogP contribution in [0.1, 0.15) is 60.3 Å². The minimum Gasteiger partial charge on any atom is -0.450 e. The zero-order chi connectivity index (χ0) is 21.2. The van der Waals surface area contributed by atoms with Crippen LogP contribution in [0.15, 0.2) is 4.99 Å². The summed E-state index contributed by atoms with van der Waals surface area (Å²) in [5.74, 6) is 0.349. The van der Waals surface area contributed by atoms with Gasteiger partial charge in [0.1, 0.15) is 5.60 Å². The van der Waals surface area contributed by atoms with Gasteiger partial charge in [-0.3, -0.25) is 4.99 Å². The van der Waals surface area contributed by atoms with Crippen molar-refractivity contribution in [2.24, 2.45) is 10.7 Å². The highest BCUT2D eigenvalue weighted by Crippen LogP contribution is 2.11. The normalized spacial score (nSPS) is 17.0. The van der Waals surface area contributed by atoms with E-state index in [9.17, 15) is 9.59 Å². The van der Waals surface area contributed by atoms with Gasteiger partial charge in [-0.15, -0.1) is 0 Å². The van der Waals surface area contributed by atoms with E-state index in [1.54, 1.807) is 11.8 Å². The fraction of sp³-hybridized carbons (Fsp3) is 0.842. The van der Waals surface area contributed by atoms with Crippen molar-refractivity contribution in [3.8, 4) is 0 Å². The number of ether oxygens (including phenoxy) is 2. The third kappa shape index (κ3) is 9.66. The molecule has 0 spiro atoms. The molecule has 1 aliphatic heterocycles. The lowest BCUT2D eigenvalue weighted by Crippen LogP contribution is -2.49. The summed E-state index contributed by atoms with van der Waals surface area (Å²) in [6.45, 7) is 11.3. The number of carbonyl (C=O) groups is 2. The lowest BCUT2D eigenvalue weighted by molar-refractivity contribution is 0.0503. The van der Waals surface area contributed by atoms with Gasteiger partial charge in [-0.05, 0) is 47.0 Å². The molecular formula is C19H37N5O4. The summed E-state index contributed by atoms with van der Waals surface area (Å²) in [4.78, 5) is 29.8. The Morgan fingerprint density at radius 2 is 1.89 bits per heavy atom. The number of nitrogens with two attached hydrogens (primary N) is 1. The number of nitrogens with zero attached hydrogens (tertiary/aromatic N) is 2. The van der Waals surface area contributed by atoms with E-state index in [4.69, 9.17) is 15.2 Å². The molecule has 162 valence electrons. The molecule has 0 bridgehead atoms. The monoisotopic (exact) mass is 399 g/mol. The van der Waals surface area contributed by atoms with Crippen molar-refractivity contribution < 1.29 is 19.1 Å². The molecule has 1 saturated heterocycles. The molecule has 0 aliphatic carbocycles. The second-order valence-electron chi connectivity index (χ2n) is 7.96. The van der Waals surface area contributed by atoms with Gasteiger partial charge in [0.25, 0.3) is 0 Å². The third-order valence-corrected chi connectivity index (χ3v) is 4.21. The lowest BCUT2D eigenvalue weighted by Gasteiger charge is -2.31. The first-order valence-corrected chi connectivity index (χ1v) is 10.1. The van der Waals surface area contributed by atoms with Crippen LogP contribution in [-0.2, 0) is 9.47 Å². The summed E-state index contributed by atoms with van der Waals surface area (Å²) < 4.78 is 10.3. The third-order valence-electron chi connectivity index (χ3n) is 4.21. The molecule has 1 aliphatic rings. The molecule has 0 aromatic carbocycles. The molecule has 2 amide bonds. The number of hydrogen-bond acceptors (Lipinski definition) is 5. The molecule has 1 atom stereocenters. The van der Waals surface area contributed by atoms with Crippen molar-refractivity contribution >= 4 is 18.1 Å². The summed E-state index contributed by atoms with van der Waals surface area (Å²) in [5.41, 5.74) is 5.47. The summed E-state index contributed by atoms with van der Waals surface area (Å²) in [5, 5.41) is 6.06. The Labute approximate surface area is 168 Å². The first-order chi connectivity index (χ1) is 13.1. The maximum Gasteiger partial charge on any atom is 0.409 e. The van der Waals surface area contributed by atoms with E-state index >= 15 is 0 Å². The highest BCUT2D eigenvalue weighted by molar-refractivity contribution is 5.78. The van der Waals surface area contributed by atoms with Crippen LogP contribution in [0.25, 0.3) is 0 Å². The molecule has 0 aromatic rings. The first-order valence-electron chi connectivity index (χ1n) is 10.1. The first kappa shape index (κ1) is 23.8. The molecule has 4 N–H and O–H groups in total. The number of alkyl carbamates (subject to hydrolysis) is 1. The van der Waals surface area contributed by atoms with Crippen LogP contribution in [-0.4, -0.2) is 67.0 Å². The van der Waals surface area contributed by atoms with Crippen molar-refractivity contribution in [2.75, 3.05) is 26.2 Å². The average Bonchev–Trinajstić information content (AvgIpc) is 2.59. The summed E-state index contributed by atoms with van der Waals surface area (Å²) in [7, 11) is 0. The minimum atomic E-state index is -0.539. The average molecular weight is 400 g/mol. The van der Waals surface area contributed by atoms with E-state index in [2.05, 4.69) is 15.6 Å². The maximum atomic E-state index is 12.0. The van der Waals surface area contributed by atoms with Crippen molar-refractivity contribution in [3.05, 3.63) is 0 Å². The Morgan fingerprint density at radius 3 is 2.43 bits per heavy atom. The summed E-state index contributed by atoms with van der Waals surface area (Å²) in [6.07, 6.45) is 2.55. The molecular weight excluding hydrogens is 362 g/mol. The molecule has 9 heteroatoms. The van der Waals surface area contributed by atoms with Crippen LogP contribution in [0.2, 0.25) is 0 Å². The molecule has 1 fully saturated rings. The number of hydrogen-bond donors (Lipinski definition) is 3. The van der Waals surface area contributed by atoms with Crippen molar-refractivity contribution in [1.82, 2.24) is 15.5 Å². The predicted octanol–water partition coefficient (Wildman–Crippen LogP) is 2.21. The number of amides is 2. The fourth-order valence-electron chi connectivity index (χ4n) is 2.92. The van der Waals surface area contributed by atoms with Gasteiger partial charge in [-0.25, -0.2) is 9.59 Å². The Balaban J connectivity index is 2.44. The van der Waals surface area contributed by atoms with Gasteiger partial charge < -0.3 is 30.7 Å². The van der Waals surface area contributed by atoms with Crippen LogP contribution < -0.4 is 16.4 Å². The Morgan fingerprint density at radius 1 is 1.25 bits per heavy atom. The second-order valence-corrected chi connectivity index (χ2v) is 7.96. The van der Waals surface area contributed by atoms with Crippen LogP contribution in [0, 0.1) is 0 Å². The van der Waals surface area contributed by atoms with E-state index in [1.807, 2.05) is 27.7 Å². The SMILES string of the molecule is CCCC(CN=C(N)NC1CCN(C(=O)OCC)CC1)NC(=O)OC(C)(C)C. The molecule has 9 nitrogen and oxygen atoms in total. The van der Waals surface area contributed by atoms with Crippen LogP contribution in [0.3, 0.4) is 0 Å². The van der Waals surface area contributed by atoms with Crippen LogP contribution >= 0.6 is 0 Å². The smallest absolute Gasteiger partial charge is 0.409 e. The van der Waals surface area contributed by atoms with Crippen LogP contribution in [0.4, 0.5) is 9.59 Å². The number of piperidine rings is 1.